The van der Waals surface area contributed by atoms with Gasteiger partial charge in [-0.2, -0.15) is 0 Å². The molecule has 0 amide bonds. The predicted octanol–water partition coefficient (Wildman–Crippen LogP) is 4.57. The van der Waals surface area contributed by atoms with E-state index in [-0.39, 0.29) is 0 Å². The van der Waals surface area contributed by atoms with Gasteiger partial charge in [0.1, 0.15) is 0 Å². The van der Waals surface area contributed by atoms with Crippen molar-refractivity contribution in [3.05, 3.63) is 70.7 Å². The second-order valence-corrected chi connectivity index (χ2v) is 7.70. The summed E-state index contributed by atoms with van der Waals surface area (Å²) < 4.78 is 0. The number of piperidine rings is 2. The zero-order valence-corrected chi connectivity index (χ0v) is 14.6. The molecule has 4 rings (SSSR count). The van der Waals surface area contributed by atoms with Crippen molar-refractivity contribution < 1.29 is 5.11 Å². The summed E-state index contributed by atoms with van der Waals surface area (Å²) in [5, 5.41) is 12.0. The highest BCUT2D eigenvalue weighted by atomic mass is 35.5. The third kappa shape index (κ3) is 2.99. The average molecular weight is 342 g/mol. The zero-order chi connectivity index (χ0) is 16.6. The molecule has 0 radical (unpaired) electrons. The van der Waals surface area contributed by atoms with Crippen LogP contribution in [0.5, 0.6) is 0 Å². The normalized spacial score (nSPS) is 30.8. The van der Waals surface area contributed by atoms with Gasteiger partial charge in [0.15, 0.2) is 0 Å². The van der Waals surface area contributed by atoms with Crippen molar-refractivity contribution in [2.75, 3.05) is 13.1 Å². The molecule has 126 valence electrons. The second kappa shape index (κ2) is 6.51. The molecule has 2 nitrogen and oxygen atoms in total. The molecular weight excluding hydrogens is 318 g/mol. The Morgan fingerprint density at radius 3 is 2.54 bits per heavy atom. The lowest BCUT2D eigenvalue weighted by Crippen LogP contribution is -2.52. The summed E-state index contributed by atoms with van der Waals surface area (Å²) in [7, 11) is 0. The fourth-order valence-corrected chi connectivity index (χ4v) is 4.79. The van der Waals surface area contributed by atoms with Crippen LogP contribution in [0.3, 0.4) is 0 Å². The quantitative estimate of drug-likeness (QED) is 0.865. The first-order valence-electron chi connectivity index (χ1n) is 8.92. The molecule has 2 aromatic carbocycles. The summed E-state index contributed by atoms with van der Waals surface area (Å²) in [5.41, 5.74) is 1.68. The molecule has 3 atom stereocenters. The van der Waals surface area contributed by atoms with Gasteiger partial charge in [-0.1, -0.05) is 60.1 Å². The van der Waals surface area contributed by atoms with Crippen molar-refractivity contribution in [3.63, 3.8) is 0 Å². The minimum absolute atomic E-state index is 0.475. The van der Waals surface area contributed by atoms with Gasteiger partial charge in [0.2, 0.25) is 0 Å². The van der Waals surface area contributed by atoms with Crippen LogP contribution < -0.4 is 0 Å². The van der Waals surface area contributed by atoms with E-state index < -0.39 is 5.60 Å². The number of rotatable bonds is 2. The number of halogens is 1. The molecule has 0 unspecified atom stereocenters. The molecule has 2 aromatic rings. The van der Waals surface area contributed by atoms with E-state index in [1.807, 2.05) is 30.3 Å². The van der Waals surface area contributed by atoms with Gasteiger partial charge in [0, 0.05) is 24.2 Å². The van der Waals surface area contributed by atoms with Crippen LogP contribution in [0, 0.1) is 0 Å². The first kappa shape index (κ1) is 16.1. The van der Waals surface area contributed by atoms with Gasteiger partial charge in [0.05, 0.1) is 5.60 Å². The molecule has 2 aliphatic rings. The van der Waals surface area contributed by atoms with Crippen LogP contribution in [0.15, 0.2) is 54.6 Å². The van der Waals surface area contributed by atoms with E-state index in [1.165, 1.54) is 5.56 Å². The van der Waals surface area contributed by atoms with Gasteiger partial charge in [-0.05, 0) is 48.8 Å². The Balaban J connectivity index is 1.49. The van der Waals surface area contributed by atoms with E-state index in [9.17, 15) is 5.11 Å². The Morgan fingerprint density at radius 2 is 1.75 bits per heavy atom. The molecule has 0 aliphatic carbocycles. The maximum atomic E-state index is 11.2. The largest absolute Gasteiger partial charge is 0.385 e. The minimum atomic E-state index is -0.667. The van der Waals surface area contributed by atoms with Crippen molar-refractivity contribution in [3.8, 4) is 0 Å². The Morgan fingerprint density at radius 1 is 1.00 bits per heavy atom. The molecule has 0 bridgehead atoms. The topological polar surface area (TPSA) is 23.5 Å². The summed E-state index contributed by atoms with van der Waals surface area (Å²) in [6, 6.07) is 18.9. The van der Waals surface area contributed by atoms with E-state index in [4.69, 9.17) is 11.6 Å². The lowest BCUT2D eigenvalue weighted by molar-refractivity contribution is -0.0639. The first-order valence-corrected chi connectivity index (χ1v) is 9.30. The standard InChI is InChI=1S/C21H24ClNO/c22-20-9-5-4-8-19(20)16-10-11-18-14-21(24,12-13-23(18)15-16)17-6-2-1-3-7-17/h1-9,16,18,24H,10-15H2/t16-,18+,21+/m0/s1. The van der Waals surface area contributed by atoms with Crippen LogP contribution in [0.25, 0.3) is 0 Å². The van der Waals surface area contributed by atoms with Gasteiger partial charge >= 0.3 is 0 Å². The molecule has 0 aromatic heterocycles. The molecule has 2 aliphatic heterocycles. The van der Waals surface area contributed by atoms with E-state index in [0.29, 0.717) is 12.0 Å². The zero-order valence-electron chi connectivity index (χ0n) is 13.9. The van der Waals surface area contributed by atoms with Crippen LogP contribution in [-0.4, -0.2) is 29.1 Å². The Bertz CT molecular complexity index is 704. The fraction of sp³-hybridized carbons (Fsp3) is 0.429. The minimum Gasteiger partial charge on any atom is -0.385 e. The van der Waals surface area contributed by atoms with E-state index in [0.717, 1.165) is 49.4 Å². The van der Waals surface area contributed by atoms with Crippen molar-refractivity contribution in [1.29, 1.82) is 0 Å². The molecule has 0 spiro atoms. The summed E-state index contributed by atoms with van der Waals surface area (Å²) in [6.07, 6.45) is 3.93. The van der Waals surface area contributed by atoms with Gasteiger partial charge in [-0.3, -0.25) is 4.90 Å². The van der Waals surface area contributed by atoms with Gasteiger partial charge in [-0.15, -0.1) is 0 Å². The van der Waals surface area contributed by atoms with Gasteiger partial charge < -0.3 is 5.11 Å². The second-order valence-electron chi connectivity index (χ2n) is 7.30. The number of benzene rings is 2. The number of hydrogen-bond acceptors (Lipinski definition) is 2. The first-order chi connectivity index (χ1) is 11.7. The lowest BCUT2D eigenvalue weighted by atomic mass is 9.76. The van der Waals surface area contributed by atoms with Crippen LogP contribution in [0.2, 0.25) is 5.02 Å². The molecule has 0 saturated carbocycles. The molecule has 2 fully saturated rings. The highest BCUT2D eigenvalue weighted by molar-refractivity contribution is 6.31. The van der Waals surface area contributed by atoms with Crippen LogP contribution >= 0.6 is 11.6 Å². The Labute approximate surface area is 149 Å². The monoisotopic (exact) mass is 341 g/mol. The van der Waals surface area contributed by atoms with Gasteiger partial charge in [0.25, 0.3) is 0 Å². The summed E-state index contributed by atoms with van der Waals surface area (Å²) in [4.78, 5) is 2.56. The fourth-order valence-electron chi connectivity index (χ4n) is 4.50. The molecule has 24 heavy (non-hydrogen) atoms. The van der Waals surface area contributed by atoms with E-state index in [2.05, 4.69) is 29.2 Å². The van der Waals surface area contributed by atoms with Crippen LogP contribution in [-0.2, 0) is 5.60 Å². The summed E-state index contributed by atoms with van der Waals surface area (Å²) >= 11 is 6.40. The van der Waals surface area contributed by atoms with Crippen molar-refractivity contribution in [1.82, 2.24) is 4.90 Å². The number of hydrogen-bond donors (Lipinski definition) is 1. The SMILES string of the molecule is O[C@]1(c2ccccc2)CCN2C[C@@H](c3ccccc3Cl)CC[C@@H]2C1. The van der Waals surface area contributed by atoms with Gasteiger partial charge in [-0.25, -0.2) is 0 Å². The van der Waals surface area contributed by atoms with Crippen molar-refractivity contribution in [2.45, 2.75) is 43.2 Å². The third-order valence-electron chi connectivity index (χ3n) is 5.86. The molecular formula is C21H24ClNO. The predicted molar refractivity (Wildman–Crippen MR) is 98.4 cm³/mol. The third-order valence-corrected chi connectivity index (χ3v) is 6.21. The maximum absolute atomic E-state index is 11.2. The van der Waals surface area contributed by atoms with Crippen molar-refractivity contribution in [2.24, 2.45) is 0 Å². The Hall–Kier alpha value is -1.35. The molecule has 2 heterocycles. The maximum Gasteiger partial charge on any atom is 0.0923 e. The average Bonchev–Trinajstić information content (AvgIpc) is 2.62. The number of aliphatic hydroxyl groups is 1. The summed E-state index contributed by atoms with van der Waals surface area (Å²) in [5.74, 6) is 0.512. The lowest BCUT2D eigenvalue weighted by Gasteiger charge is -2.48. The molecule has 3 heteroatoms. The van der Waals surface area contributed by atoms with E-state index >= 15 is 0 Å². The highest BCUT2D eigenvalue weighted by Gasteiger charge is 2.42. The van der Waals surface area contributed by atoms with Crippen molar-refractivity contribution >= 4 is 11.6 Å². The van der Waals surface area contributed by atoms with Crippen LogP contribution in [0.1, 0.15) is 42.7 Å². The molecule has 1 N–H and O–H groups in total. The van der Waals surface area contributed by atoms with E-state index in [1.54, 1.807) is 0 Å². The number of fused-ring (bicyclic) bond motifs is 1. The molecule has 2 saturated heterocycles. The Kier molecular flexibility index (Phi) is 4.38. The smallest absolute Gasteiger partial charge is 0.0923 e. The summed E-state index contributed by atoms with van der Waals surface area (Å²) in [6.45, 7) is 2.01. The number of nitrogens with zero attached hydrogens (tertiary/aromatic N) is 1. The van der Waals surface area contributed by atoms with Crippen LogP contribution in [0.4, 0.5) is 0 Å². The highest BCUT2D eigenvalue weighted by Crippen LogP contribution is 2.42.